The van der Waals surface area contributed by atoms with Crippen molar-refractivity contribution in [3.63, 3.8) is 0 Å². The minimum Gasteiger partial charge on any atom is -0.379 e. The Morgan fingerprint density at radius 3 is 2.50 bits per heavy atom. The Hall–Kier alpha value is -3.66. The molecule has 8 nitrogen and oxygen atoms in total. The van der Waals surface area contributed by atoms with Gasteiger partial charge in [0.05, 0.1) is 31.7 Å². The SMILES string of the molecule is c1ccc(-c2csc3nc(CN4CCOCC4)nc(NCc4ccc(Cn5cncn5)cc4)c23)cc1. The van der Waals surface area contributed by atoms with Crippen LogP contribution in [0.1, 0.15) is 17.0 Å². The second-order valence-corrected chi connectivity index (χ2v) is 9.69. The van der Waals surface area contributed by atoms with Gasteiger partial charge in [0, 0.05) is 30.6 Å². The molecule has 0 radical (unpaired) electrons. The fourth-order valence-corrected chi connectivity index (χ4v) is 5.39. The Kier molecular flexibility index (Phi) is 6.66. The molecular formula is C27H27N7OS. The van der Waals surface area contributed by atoms with E-state index in [9.17, 15) is 0 Å². The minimum absolute atomic E-state index is 0.677. The first-order valence-electron chi connectivity index (χ1n) is 12.1. The fourth-order valence-electron chi connectivity index (χ4n) is 4.42. The summed E-state index contributed by atoms with van der Waals surface area (Å²) in [4.78, 5) is 17.3. The minimum atomic E-state index is 0.677. The lowest BCUT2D eigenvalue weighted by atomic mass is 10.1. The van der Waals surface area contributed by atoms with Crippen LogP contribution in [0.5, 0.6) is 0 Å². The van der Waals surface area contributed by atoms with Crippen molar-refractivity contribution in [2.24, 2.45) is 0 Å². The molecule has 182 valence electrons. The van der Waals surface area contributed by atoms with Crippen LogP contribution in [0.4, 0.5) is 5.82 Å². The molecular weight excluding hydrogens is 470 g/mol. The first-order valence-corrected chi connectivity index (χ1v) is 13.0. The smallest absolute Gasteiger partial charge is 0.146 e. The molecule has 0 atom stereocenters. The maximum atomic E-state index is 5.51. The summed E-state index contributed by atoms with van der Waals surface area (Å²) >= 11 is 1.68. The van der Waals surface area contributed by atoms with Gasteiger partial charge in [-0.05, 0) is 16.7 Å². The average molecular weight is 498 g/mol. The van der Waals surface area contributed by atoms with Gasteiger partial charge in [-0.2, -0.15) is 5.10 Å². The summed E-state index contributed by atoms with van der Waals surface area (Å²) in [6, 6.07) is 19.0. The molecule has 36 heavy (non-hydrogen) atoms. The molecule has 1 aliphatic heterocycles. The average Bonchev–Trinajstić information content (AvgIpc) is 3.59. The molecule has 1 N–H and O–H groups in total. The van der Waals surface area contributed by atoms with Gasteiger partial charge in [-0.15, -0.1) is 11.3 Å². The Balaban J connectivity index is 1.27. The summed E-state index contributed by atoms with van der Waals surface area (Å²) in [5.74, 6) is 1.73. The van der Waals surface area contributed by atoms with Crippen LogP contribution in [0.2, 0.25) is 0 Å². The molecule has 6 rings (SSSR count). The van der Waals surface area contributed by atoms with Crippen molar-refractivity contribution < 1.29 is 4.74 Å². The fraction of sp³-hybridized carbons (Fsp3) is 0.259. The maximum absolute atomic E-state index is 5.51. The number of thiophene rings is 1. The lowest BCUT2D eigenvalue weighted by Gasteiger charge is -2.25. The molecule has 0 amide bonds. The summed E-state index contributed by atoms with van der Waals surface area (Å²) < 4.78 is 7.33. The predicted octanol–water partition coefficient (Wildman–Crippen LogP) is 4.44. The van der Waals surface area contributed by atoms with Crippen LogP contribution in [0.3, 0.4) is 0 Å². The van der Waals surface area contributed by atoms with Crippen molar-refractivity contribution in [3.8, 4) is 11.1 Å². The number of fused-ring (bicyclic) bond motifs is 1. The van der Waals surface area contributed by atoms with Gasteiger partial charge in [0.2, 0.25) is 0 Å². The zero-order chi connectivity index (χ0) is 24.2. The van der Waals surface area contributed by atoms with Crippen molar-refractivity contribution in [2.45, 2.75) is 19.6 Å². The molecule has 1 fully saturated rings. The van der Waals surface area contributed by atoms with E-state index in [-0.39, 0.29) is 0 Å². The standard InChI is InChI=1S/C27H27N7OS/c1-2-4-22(5-3-1)23-17-36-27-25(23)26(31-24(32-27)16-33-10-12-35-13-11-33)29-14-20-6-8-21(9-7-20)15-34-19-28-18-30-34/h1-9,17-19H,10-16H2,(H,29,31,32). The molecule has 0 bridgehead atoms. The Morgan fingerprint density at radius 2 is 1.72 bits per heavy atom. The molecule has 0 aliphatic carbocycles. The van der Waals surface area contributed by atoms with E-state index >= 15 is 0 Å². The van der Waals surface area contributed by atoms with Crippen LogP contribution in [-0.2, 0) is 24.4 Å². The molecule has 2 aromatic carbocycles. The van der Waals surface area contributed by atoms with E-state index in [1.54, 1.807) is 24.0 Å². The maximum Gasteiger partial charge on any atom is 0.146 e. The molecule has 0 spiro atoms. The van der Waals surface area contributed by atoms with E-state index in [4.69, 9.17) is 14.7 Å². The number of nitrogens with one attached hydrogen (secondary N) is 1. The highest BCUT2D eigenvalue weighted by atomic mass is 32.1. The van der Waals surface area contributed by atoms with Gasteiger partial charge in [-0.3, -0.25) is 4.90 Å². The molecule has 1 saturated heterocycles. The molecule has 0 saturated carbocycles. The van der Waals surface area contributed by atoms with Crippen LogP contribution in [0.25, 0.3) is 21.3 Å². The summed E-state index contributed by atoms with van der Waals surface area (Å²) in [7, 11) is 0. The normalized spacial score (nSPS) is 14.3. The first-order chi connectivity index (χ1) is 17.8. The summed E-state index contributed by atoms with van der Waals surface area (Å²) in [6.07, 6.45) is 3.29. The summed E-state index contributed by atoms with van der Waals surface area (Å²) in [5, 5.41) is 11.1. The molecule has 5 aromatic rings. The zero-order valence-electron chi connectivity index (χ0n) is 19.9. The number of hydrogen-bond donors (Lipinski definition) is 1. The lowest BCUT2D eigenvalue weighted by Crippen LogP contribution is -2.36. The summed E-state index contributed by atoms with van der Waals surface area (Å²) in [5.41, 5.74) is 4.72. The third-order valence-electron chi connectivity index (χ3n) is 6.33. The highest BCUT2D eigenvalue weighted by Crippen LogP contribution is 2.37. The van der Waals surface area contributed by atoms with Gasteiger partial charge < -0.3 is 10.1 Å². The van der Waals surface area contributed by atoms with Crippen LogP contribution in [0, 0.1) is 0 Å². The second kappa shape index (κ2) is 10.5. The van der Waals surface area contributed by atoms with Crippen molar-refractivity contribution in [3.05, 3.63) is 89.6 Å². The number of nitrogens with zero attached hydrogens (tertiary/aromatic N) is 6. The van der Waals surface area contributed by atoms with Crippen LogP contribution in [-0.4, -0.2) is 55.9 Å². The molecule has 9 heteroatoms. The molecule has 4 heterocycles. The van der Waals surface area contributed by atoms with Crippen LogP contribution >= 0.6 is 11.3 Å². The van der Waals surface area contributed by atoms with E-state index in [1.165, 1.54) is 22.3 Å². The number of morpholine rings is 1. The Morgan fingerprint density at radius 1 is 0.917 bits per heavy atom. The van der Waals surface area contributed by atoms with Gasteiger partial charge in [0.15, 0.2) is 0 Å². The number of anilines is 1. The number of hydrogen-bond acceptors (Lipinski definition) is 8. The van der Waals surface area contributed by atoms with Crippen molar-refractivity contribution in [2.75, 3.05) is 31.6 Å². The largest absolute Gasteiger partial charge is 0.379 e. The Labute approximate surface area is 213 Å². The van der Waals surface area contributed by atoms with E-state index < -0.39 is 0 Å². The number of aromatic nitrogens is 5. The van der Waals surface area contributed by atoms with Gasteiger partial charge in [0.1, 0.15) is 29.1 Å². The zero-order valence-corrected chi connectivity index (χ0v) is 20.7. The number of ether oxygens (including phenoxy) is 1. The highest BCUT2D eigenvalue weighted by molar-refractivity contribution is 7.17. The van der Waals surface area contributed by atoms with Gasteiger partial charge in [-0.1, -0.05) is 54.6 Å². The highest BCUT2D eigenvalue weighted by Gasteiger charge is 2.18. The quantitative estimate of drug-likeness (QED) is 0.339. The predicted molar refractivity (Wildman–Crippen MR) is 142 cm³/mol. The summed E-state index contributed by atoms with van der Waals surface area (Å²) in [6.45, 7) is 5.45. The molecule has 1 aliphatic rings. The van der Waals surface area contributed by atoms with E-state index in [0.717, 1.165) is 54.7 Å². The first kappa shape index (κ1) is 22.8. The van der Waals surface area contributed by atoms with Crippen molar-refractivity contribution >= 4 is 27.4 Å². The third-order valence-corrected chi connectivity index (χ3v) is 7.20. The topological polar surface area (TPSA) is 81.0 Å². The molecule has 3 aromatic heterocycles. The van der Waals surface area contributed by atoms with E-state index in [1.807, 2.05) is 10.7 Å². The van der Waals surface area contributed by atoms with E-state index in [0.29, 0.717) is 13.1 Å². The van der Waals surface area contributed by atoms with Crippen molar-refractivity contribution in [1.29, 1.82) is 0 Å². The van der Waals surface area contributed by atoms with Crippen molar-refractivity contribution in [1.82, 2.24) is 29.6 Å². The monoisotopic (exact) mass is 497 g/mol. The van der Waals surface area contributed by atoms with Gasteiger partial charge in [-0.25, -0.2) is 19.6 Å². The second-order valence-electron chi connectivity index (χ2n) is 8.84. The van der Waals surface area contributed by atoms with Gasteiger partial charge >= 0.3 is 0 Å². The van der Waals surface area contributed by atoms with E-state index in [2.05, 4.69) is 74.2 Å². The number of benzene rings is 2. The lowest BCUT2D eigenvalue weighted by molar-refractivity contribution is 0.0331. The Bertz CT molecular complexity index is 1410. The third kappa shape index (κ3) is 5.13. The number of rotatable bonds is 8. The van der Waals surface area contributed by atoms with Crippen LogP contribution in [0.15, 0.2) is 72.6 Å². The molecule has 0 unspecified atom stereocenters. The van der Waals surface area contributed by atoms with Crippen LogP contribution < -0.4 is 5.32 Å². The van der Waals surface area contributed by atoms with Gasteiger partial charge in [0.25, 0.3) is 0 Å².